The molecule has 0 heterocycles. The molecule has 1 unspecified atom stereocenters. The smallest absolute Gasteiger partial charge is 0.262 e. The minimum absolute atomic E-state index is 0.145. The van der Waals surface area contributed by atoms with Gasteiger partial charge in [0.1, 0.15) is 6.04 Å². The number of amides is 2. The van der Waals surface area contributed by atoms with Gasteiger partial charge in [0.25, 0.3) is 11.8 Å². The van der Waals surface area contributed by atoms with Crippen LogP contribution < -0.4 is 20.2 Å². The molecule has 0 saturated heterocycles. The molecule has 0 spiro atoms. The summed E-state index contributed by atoms with van der Waals surface area (Å²) in [4.78, 5) is 25.1. The van der Waals surface area contributed by atoms with Gasteiger partial charge in [-0.15, -0.1) is 0 Å². The van der Waals surface area contributed by atoms with Crippen LogP contribution in [0.4, 0.5) is 0 Å². The molecule has 0 aromatic heterocycles. The first-order valence-corrected chi connectivity index (χ1v) is 10.5. The molecule has 0 bridgehead atoms. The molecule has 2 aromatic carbocycles. The molecular formula is C23H28ClN3O4. The third kappa shape index (κ3) is 7.29. The van der Waals surface area contributed by atoms with Gasteiger partial charge >= 0.3 is 0 Å². The molecule has 1 atom stereocenters. The van der Waals surface area contributed by atoms with Gasteiger partial charge in [-0.1, -0.05) is 31.5 Å². The number of nitrogens with one attached hydrogen (secondary N) is 2. The van der Waals surface area contributed by atoms with Gasteiger partial charge in [0.05, 0.1) is 19.4 Å². The Labute approximate surface area is 187 Å². The van der Waals surface area contributed by atoms with Gasteiger partial charge < -0.3 is 14.8 Å². The van der Waals surface area contributed by atoms with E-state index in [4.69, 9.17) is 21.1 Å². The number of hydrogen-bond acceptors (Lipinski definition) is 5. The summed E-state index contributed by atoms with van der Waals surface area (Å²) >= 11 is 5.94. The van der Waals surface area contributed by atoms with E-state index in [1.54, 1.807) is 36.4 Å². The lowest BCUT2D eigenvalue weighted by Crippen LogP contribution is -2.48. The first-order valence-electron chi connectivity index (χ1n) is 10.1. The van der Waals surface area contributed by atoms with Gasteiger partial charge in [-0.05, 0) is 61.7 Å². The Morgan fingerprint density at radius 2 is 1.77 bits per heavy atom. The molecule has 2 rings (SSSR count). The van der Waals surface area contributed by atoms with Crippen molar-refractivity contribution in [3.8, 4) is 11.5 Å². The van der Waals surface area contributed by atoms with E-state index in [2.05, 4.69) is 15.8 Å². The fraction of sp³-hybridized carbons (Fsp3) is 0.348. The lowest BCUT2D eigenvalue weighted by atomic mass is 10.0. The highest BCUT2D eigenvalue weighted by molar-refractivity contribution is 6.31. The van der Waals surface area contributed by atoms with Crippen molar-refractivity contribution in [1.82, 2.24) is 10.7 Å². The molecule has 31 heavy (non-hydrogen) atoms. The van der Waals surface area contributed by atoms with Crippen LogP contribution in [-0.4, -0.2) is 37.3 Å². The minimum Gasteiger partial charge on any atom is -0.490 e. The Kier molecular flexibility index (Phi) is 9.34. The molecule has 2 N–H and O–H groups in total. The second kappa shape index (κ2) is 12.0. The van der Waals surface area contributed by atoms with Crippen LogP contribution in [0.15, 0.2) is 47.6 Å². The Hall–Kier alpha value is -3.06. The molecule has 166 valence electrons. The molecule has 2 aromatic rings. The molecule has 7 nitrogen and oxygen atoms in total. The fourth-order valence-corrected chi connectivity index (χ4v) is 2.97. The number of rotatable bonds is 10. The van der Waals surface area contributed by atoms with Crippen LogP contribution in [-0.2, 0) is 4.79 Å². The molecule has 0 saturated carbocycles. The number of carbonyl (C=O) groups excluding carboxylic acids is 2. The number of carbonyl (C=O) groups is 2. The van der Waals surface area contributed by atoms with Crippen molar-refractivity contribution < 1.29 is 19.1 Å². The van der Waals surface area contributed by atoms with Gasteiger partial charge in [0.15, 0.2) is 11.5 Å². The van der Waals surface area contributed by atoms with Crippen LogP contribution in [0.25, 0.3) is 0 Å². The van der Waals surface area contributed by atoms with E-state index in [0.29, 0.717) is 35.3 Å². The maximum Gasteiger partial charge on any atom is 0.262 e. The van der Waals surface area contributed by atoms with Crippen LogP contribution in [0.2, 0.25) is 5.02 Å². The first kappa shape index (κ1) is 24.2. The summed E-state index contributed by atoms with van der Waals surface area (Å²) < 4.78 is 11.1. The number of hydrogen-bond donors (Lipinski definition) is 2. The highest BCUT2D eigenvalue weighted by Gasteiger charge is 2.24. The van der Waals surface area contributed by atoms with Crippen molar-refractivity contribution in [3.63, 3.8) is 0 Å². The maximum atomic E-state index is 12.6. The highest BCUT2D eigenvalue weighted by atomic mass is 35.5. The highest BCUT2D eigenvalue weighted by Crippen LogP contribution is 2.28. The lowest BCUT2D eigenvalue weighted by Gasteiger charge is -2.20. The number of ether oxygens (including phenoxy) is 2. The maximum absolute atomic E-state index is 12.6. The summed E-state index contributed by atoms with van der Waals surface area (Å²) in [6, 6.07) is 11.2. The summed E-state index contributed by atoms with van der Waals surface area (Å²) in [6.45, 7) is 8.50. The standard InChI is InChI=1S/C23H28ClN3O4/c1-5-30-19-11-10-16(12-20(19)31-6-2)14-25-27-23(29)21(15(3)4)26-22(28)17-8-7-9-18(24)13-17/h7-15,21H,5-6H2,1-4H3,(H,26,28)(H,27,29)/b25-14-. The Balaban J connectivity index is 2.05. The Bertz CT molecular complexity index is 931. The zero-order chi connectivity index (χ0) is 22.8. The molecular weight excluding hydrogens is 418 g/mol. The van der Waals surface area contributed by atoms with Gasteiger partial charge in [0.2, 0.25) is 0 Å². The van der Waals surface area contributed by atoms with E-state index in [1.165, 1.54) is 6.21 Å². The lowest BCUT2D eigenvalue weighted by molar-refractivity contribution is -0.123. The zero-order valence-corrected chi connectivity index (χ0v) is 18.9. The SMILES string of the molecule is CCOc1ccc(/C=N\NC(=O)C(NC(=O)c2cccc(Cl)c2)C(C)C)cc1OCC. The van der Waals surface area contributed by atoms with Crippen LogP contribution in [0.5, 0.6) is 11.5 Å². The van der Waals surface area contributed by atoms with Crippen LogP contribution >= 0.6 is 11.6 Å². The second-order valence-electron chi connectivity index (χ2n) is 7.01. The van der Waals surface area contributed by atoms with E-state index in [1.807, 2.05) is 33.8 Å². The molecule has 0 aliphatic carbocycles. The summed E-state index contributed by atoms with van der Waals surface area (Å²) in [6.07, 6.45) is 1.51. The minimum atomic E-state index is -0.761. The normalized spacial score (nSPS) is 11.9. The summed E-state index contributed by atoms with van der Waals surface area (Å²) in [5, 5.41) is 7.21. The van der Waals surface area contributed by atoms with Gasteiger partial charge in [0, 0.05) is 10.6 Å². The quantitative estimate of drug-likeness (QED) is 0.426. The topological polar surface area (TPSA) is 89.0 Å². The Morgan fingerprint density at radius 1 is 1.06 bits per heavy atom. The van der Waals surface area contributed by atoms with E-state index >= 15 is 0 Å². The van der Waals surface area contributed by atoms with Crippen molar-refractivity contribution in [2.24, 2.45) is 11.0 Å². The van der Waals surface area contributed by atoms with Crippen LogP contribution in [0.1, 0.15) is 43.6 Å². The largest absolute Gasteiger partial charge is 0.490 e. The average molecular weight is 446 g/mol. The van der Waals surface area contributed by atoms with E-state index < -0.39 is 11.9 Å². The predicted octanol–water partition coefficient (Wildman–Crippen LogP) is 4.04. The molecule has 8 heteroatoms. The molecule has 0 radical (unpaired) electrons. The van der Waals surface area contributed by atoms with Crippen molar-refractivity contribution >= 4 is 29.6 Å². The van der Waals surface area contributed by atoms with Crippen molar-refractivity contribution in [2.45, 2.75) is 33.7 Å². The van der Waals surface area contributed by atoms with E-state index in [9.17, 15) is 9.59 Å². The van der Waals surface area contributed by atoms with Gasteiger partial charge in [-0.2, -0.15) is 5.10 Å². The first-order chi connectivity index (χ1) is 14.8. The summed E-state index contributed by atoms with van der Waals surface area (Å²) in [5.41, 5.74) is 3.60. The average Bonchev–Trinajstić information content (AvgIpc) is 2.73. The fourth-order valence-electron chi connectivity index (χ4n) is 2.78. The molecule has 2 amide bonds. The third-order valence-electron chi connectivity index (χ3n) is 4.28. The Morgan fingerprint density at radius 3 is 2.42 bits per heavy atom. The van der Waals surface area contributed by atoms with Crippen molar-refractivity contribution in [2.75, 3.05) is 13.2 Å². The predicted molar refractivity (Wildman–Crippen MR) is 122 cm³/mol. The summed E-state index contributed by atoms with van der Waals surface area (Å²) in [7, 11) is 0. The number of hydrazone groups is 1. The van der Waals surface area contributed by atoms with Gasteiger partial charge in [-0.3, -0.25) is 9.59 Å². The van der Waals surface area contributed by atoms with Crippen molar-refractivity contribution in [3.05, 3.63) is 58.6 Å². The van der Waals surface area contributed by atoms with Crippen LogP contribution in [0.3, 0.4) is 0 Å². The molecule has 0 fully saturated rings. The number of halogens is 1. The molecule has 0 aliphatic rings. The second-order valence-corrected chi connectivity index (χ2v) is 7.45. The van der Waals surface area contributed by atoms with Gasteiger partial charge in [-0.25, -0.2) is 5.43 Å². The summed E-state index contributed by atoms with van der Waals surface area (Å²) in [5.74, 6) is 0.307. The monoisotopic (exact) mass is 445 g/mol. The zero-order valence-electron chi connectivity index (χ0n) is 18.1. The number of nitrogens with zero attached hydrogens (tertiary/aromatic N) is 1. The van der Waals surface area contributed by atoms with E-state index in [0.717, 1.165) is 5.56 Å². The number of benzene rings is 2. The molecule has 0 aliphatic heterocycles. The van der Waals surface area contributed by atoms with Crippen LogP contribution in [0, 0.1) is 5.92 Å². The third-order valence-corrected chi connectivity index (χ3v) is 4.51. The van der Waals surface area contributed by atoms with E-state index in [-0.39, 0.29) is 11.8 Å². The van der Waals surface area contributed by atoms with Crippen molar-refractivity contribution in [1.29, 1.82) is 0 Å².